The highest BCUT2D eigenvalue weighted by Crippen LogP contribution is 2.24. The Morgan fingerprint density at radius 3 is 2.88 bits per heavy atom. The second-order valence-corrected chi connectivity index (χ2v) is 5.20. The van der Waals surface area contributed by atoms with E-state index in [2.05, 4.69) is 20.8 Å². The van der Waals surface area contributed by atoms with Crippen LogP contribution in [-0.4, -0.2) is 29.3 Å². The van der Waals surface area contributed by atoms with Crippen LogP contribution in [0.25, 0.3) is 10.9 Å². The fraction of sp³-hybridized carbons (Fsp3) is 0.188. The molecule has 2 aromatic heterocycles. The third-order valence-electron chi connectivity index (χ3n) is 3.43. The minimum absolute atomic E-state index is 0.210. The van der Waals surface area contributed by atoms with Crippen molar-refractivity contribution in [2.75, 3.05) is 12.4 Å². The molecule has 3 N–H and O–H groups in total. The summed E-state index contributed by atoms with van der Waals surface area (Å²) >= 11 is 0. The fourth-order valence-electron chi connectivity index (χ4n) is 2.36. The number of rotatable bonds is 4. The molecule has 8 nitrogen and oxygen atoms in total. The van der Waals surface area contributed by atoms with E-state index in [1.807, 2.05) is 0 Å². The zero-order valence-corrected chi connectivity index (χ0v) is 13.2. The summed E-state index contributed by atoms with van der Waals surface area (Å²) in [6.07, 6.45) is 1.72. The summed E-state index contributed by atoms with van der Waals surface area (Å²) in [5, 5.41) is 9.81. The van der Waals surface area contributed by atoms with E-state index in [-0.39, 0.29) is 6.54 Å². The van der Waals surface area contributed by atoms with E-state index in [9.17, 15) is 9.59 Å². The van der Waals surface area contributed by atoms with Gasteiger partial charge in [0.05, 0.1) is 24.9 Å². The fourth-order valence-corrected chi connectivity index (χ4v) is 2.36. The molecule has 2 amide bonds. The van der Waals surface area contributed by atoms with Crippen molar-refractivity contribution in [1.29, 1.82) is 0 Å². The van der Waals surface area contributed by atoms with Crippen molar-refractivity contribution in [3.63, 3.8) is 0 Å². The number of benzene rings is 1. The molecule has 0 bridgehead atoms. The molecule has 0 radical (unpaired) electrons. The summed E-state index contributed by atoms with van der Waals surface area (Å²) in [7, 11) is 1.31. The van der Waals surface area contributed by atoms with Crippen LogP contribution in [0.3, 0.4) is 0 Å². The number of nitrogens with zero attached hydrogens (tertiary/aromatic N) is 1. The summed E-state index contributed by atoms with van der Waals surface area (Å²) in [4.78, 5) is 26.9. The number of esters is 1. The molecule has 0 saturated carbocycles. The molecule has 0 unspecified atom stereocenters. The molecule has 0 fully saturated rings. The van der Waals surface area contributed by atoms with Crippen molar-refractivity contribution >= 4 is 28.6 Å². The normalized spacial score (nSPS) is 10.6. The van der Waals surface area contributed by atoms with E-state index >= 15 is 0 Å². The topological polar surface area (TPSA) is 109 Å². The number of H-pyrrole nitrogens is 1. The summed E-state index contributed by atoms with van der Waals surface area (Å²) in [5.41, 5.74) is 2.31. The van der Waals surface area contributed by atoms with Crippen molar-refractivity contribution in [2.24, 2.45) is 0 Å². The molecule has 124 valence electrons. The van der Waals surface area contributed by atoms with Gasteiger partial charge in [0.25, 0.3) is 0 Å². The first-order valence-electron chi connectivity index (χ1n) is 7.23. The predicted molar refractivity (Wildman–Crippen MR) is 86.7 cm³/mol. The molecule has 0 aliphatic carbocycles. The van der Waals surface area contributed by atoms with Crippen LogP contribution in [-0.2, 0) is 11.3 Å². The molecule has 0 spiro atoms. The van der Waals surface area contributed by atoms with E-state index in [0.717, 1.165) is 16.6 Å². The number of hydrogen-bond donors (Lipinski definition) is 3. The van der Waals surface area contributed by atoms with Gasteiger partial charge < -0.3 is 24.9 Å². The number of hydrogen-bond acceptors (Lipinski definition) is 5. The third kappa shape index (κ3) is 3.22. The van der Waals surface area contributed by atoms with Crippen molar-refractivity contribution in [3.8, 4) is 0 Å². The van der Waals surface area contributed by atoms with Gasteiger partial charge in [-0.3, -0.25) is 0 Å². The Balaban J connectivity index is 1.74. The largest absolute Gasteiger partial charge is 0.465 e. The zero-order valence-electron chi connectivity index (χ0n) is 13.2. The van der Waals surface area contributed by atoms with Crippen LogP contribution in [0.2, 0.25) is 0 Å². The highest BCUT2D eigenvalue weighted by Gasteiger charge is 2.14. The molecule has 8 heteroatoms. The van der Waals surface area contributed by atoms with Gasteiger partial charge in [0.15, 0.2) is 5.76 Å². The first-order valence-corrected chi connectivity index (χ1v) is 7.23. The molecule has 0 aliphatic rings. The van der Waals surface area contributed by atoms with Gasteiger partial charge in [-0.15, -0.1) is 0 Å². The monoisotopic (exact) mass is 328 g/mol. The van der Waals surface area contributed by atoms with Gasteiger partial charge in [-0.25, -0.2) is 9.59 Å². The number of carbonyl (C=O) groups is 2. The number of fused-ring (bicyclic) bond motifs is 1. The van der Waals surface area contributed by atoms with E-state index < -0.39 is 12.0 Å². The summed E-state index contributed by atoms with van der Waals surface area (Å²) in [6.45, 7) is 2.01. The van der Waals surface area contributed by atoms with E-state index in [1.165, 1.54) is 7.11 Å². The second kappa shape index (κ2) is 6.45. The van der Waals surface area contributed by atoms with Gasteiger partial charge in [-0.2, -0.15) is 0 Å². The van der Waals surface area contributed by atoms with Gasteiger partial charge in [-0.1, -0.05) is 5.16 Å². The van der Waals surface area contributed by atoms with E-state index in [1.54, 1.807) is 37.4 Å². The Bertz CT molecular complexity index is 897. The lowest BCUT2D eigenvalue weighted by molar-refractivity contribution is 0.0603. The Hall–Kier alpha value is -3.29. The molecule has 2 heterocycles. The number of amides is 2. The lowest BCUT2D eigenvalue weighted by atomic mass is 10.1. The maximum absolute atomic E-state index is 12.0. The van der Waals surface area contributed by atoms with Gasteiger partial charge in [0.1, 0.15) is 0 Å². The Kier molecular flexibility index (Phi) is 4.19. The number of aryl methyl sites for hydroxylation is 1. The second-order valence-electron chi connectivity index (χ2n) is 5.20. The first kappa shape index (κ1) is 15.6. The van der Waals surface area contributed by atoms with E-state index in [4.69, 9.17) is 9.26 Å². The van der Waals surface area contributed by atoms with Crippen LogP contribution >= 0.6 is 0 Å². The lowest BCUT2D eigenvalue weighted by Gasteiger charge is -2.09. The number of carbonyl (C=O) groups excluding carboxylic acids is 2. The van der Waals surface area contributed by atoms with Crippen LogP contribution in [0.5, 0.6) is 0 Å². The number of methoxy groups -OCH3 is 1. The molecule has 0 saturated heterocycles. The van der Waals surface area contributed by atoms with Crippen LogP contribution < -0.4 is 10.6 Å². The molecular weight excluding hydrogens is 312 g/mol. The highest BCUT2D eigenvalue weighted by atomic mass is 16.5. The molecule has 3 aromatic rings. The number of nitrogens with one attached hydrogen (secondary N) is 3. The maximum atomic E-state index is 12.0. The molecule has 3 rings (SSSR count). The zero-order chi connectivity index (χ0) is 17.1. The quantitative estimate of drug-likeness (QED) is 0.638. The number of ether oxygens (including phenoxy) is 1. The standard InChI is InChI=1S/C16H16N4O4/c1-9-5-11(24-20-9)8-18-16(22)19-10-6-13(15(21)23-2)12-3-4-17-14(12)7-10/h3-7,17H,8H2,1-2H3,(H2,18,19,22). The molecule has 1 aromatic carbocycles. The molecule has 0 atom stereocenters. The van der Waals surface area contributed by atoms with Crippen molar-refractivity contribution in [3.05, 3.63) is 47.5 Å². The van der Waals surface area contributed by atoms with Gasteiger partial charge in [0, 0.05) is 28.9 Å². The minimum Gasteiger partial charge on any atom is -0.465 e. The molecule has 24 heavy (non-hydrogen) atoms. The van der Waals surface area contributed by atoms with Crippen molar-refractivity contribution in [1.82, 2.24) is 15.5 Å². The molecule has 0 aliphatic heterocycles. The SMILES string of the molecule is COC(=O)c1cc(NC(=O)NCc2cc(C)no2)cc2[nH]ccc12. The number of aromatic amines is 1. The highest BCUT2D eigenvalue weighted by molar-refractivity contribution is 6.06. The maximum Gasteiger partial charge on any atom is 0.338 e. The van der Waals surface area contributed by atoms with Crippen molar-refractivity contribution < 1.29 is 18.8 Å². The van der Waals surface area contributed by atoms with Crippen molar-refractivity contribution in [2.45, 2.75) is 13.5 Å². The van der Waals surface area contributed by atoms with Gasteiger partial charge >= 0.3 is 12.0 Å². The Morgan fingerprint density at radius 2 is 2.17 bits per heavy atom. The smallest absolute Gasteiger partial charge is 0.338 e. The van der Waals surface area contributed by atoms with Crippen LogP contribution in [0.1, 0.15) is 21.8 Å². The van der Waals surface area contributed by atoms with Crippen LogP contribution in [0, 0.1) is 6.92 Å². The lowest BCUT2D eigenvalue weighted by Crippen LogP contribution is -2.28. The van der Waals surface area contributed by atoms with E-state index in [0.29, 0.717) is 17.0 Å². The van der Waals surface area contributed by atoms with Gasteiger partial charge in [0.2, 0.25) is 0 Å². The number of aromatic nitrogens is 2. The van der Waals surface area contributed by atoms with Gasteiger partial charge in [-0.05, 0) is 25.1 Å². The average Bonchev–Trinajstić information content (AvgIpc) is 3.20. The average molecular weight is 328 g/mol. The Morgan fingerprint density at radius 1 is 1.33 bits per heavy atom. The van der Waals surface area contributed by atoms with Crippen LogP contribution in [0.15, 0.2) is 35.0 Å². The third-order valence-corrected chi connectivity index (χ3v) is 3.43. The Labute approximate surface area is 137 Å². The molecular formula is C16H16N4O4. The number of anilines is 1. The summed E-state index contributed by atoms with van der Waals surface area (Å²) < 4.78 is 9.80. The van der Waals surface area contributed by atoms with Crippen LogP contribution in [0.4, 0.5) is 10.5 Å². The summed E-state index contributed by atoms with van der Waals surface area (Å²) in [5.74, 6) is 0.0820. The predicted octanol–water partition coefficient (Wildman–Crippen LogP) is 2.57. The minimum atomic E-state index is -0.471. The number of urea groups is 1. The first-order chi connectivity index (χ1) is 11.6. The summed E-state index contributed by atoms with van der Waals surface area (Å²) in [6, 6.07) is 6.39.